The highest BCUT2D eigenvalue weighted by atomic mass is 16.5. The number of methoxy groups -OCH3 is 2. The maximum absolute atomic E-state index is 12.3. The Morgan fingerprint density at radius 3 is 1.97 bits per heavy atom. The second-order valence-electron chi connectivity index (χ2n) is 7.34. The van der Waals surface area contributed by atoms with Gasteiger partial charge in [-0.05, 0) is 60.9 Å². The van der Waals surface area contributed by atoms with E-state index in [4.69, 9.17) is 14.2 Å². The van der Waals surface area contributed by atoms with Crippen LogP contribution in [-0.2, 0) is 16.0 Å². The van der Waals surface area contributed by atoms with E-state index in [-0.39, 0.29) is 12.4 Å². The predicted molar refractivity (Wildman–Crippen MR) is 134 cm³/mol. The van der Waals surface area contributed by atoms with Crippen LogP contribution in [0.4, 0.5) is 0 Å². The van der Waals surface area contributed by atoms with Crippen molar-refractivity contribution in [3.05, 3.63) is 87.1 Å². The van der Waals surface area contributed by atoms with Crippen LogP contribution in [0.15, 0.2) is 53.3 Å². The number of benzene rings is 2. The van der Waals surface area contributed by atoms with E-state index < -0.39 is 5.69 Å². The largest absolute Gasteiger partial charge is 0.497 e. The fraction of sp³-hybridized carbons (Fsp3) is 0.222. The lowest BCUT2D eigenvalue weighted by Gasteiger charge is -2.09. The molecule has 176 valence electrons. The Morgan fingerprint density at radius 1 is 0.882 bits per heavy atom. The van der Waals surface area contributed by atoms with Crippen molar-refractivity contribution in [3.8, 4) is 11.5 Å². The summed E-state index contributed by atoms with van der Waals surface area (Å²) in [5.41, 5.74) is 3.23. The fourth-order valence-electron chi connectivity index (χ4n) is 3.32. The lowest BCUT2D eigenvalue weighted by atomic mass is 10.0. The quantitative estimate of drug-likeness (QED) is 0.444. The summed E-state index contributed by atoms with van der Waals surface area (Å²) < 4.78 is 15.5. The average Bonchev–Trinajstić information content (AvgIpc) is 2.86. The Labute approximate surface area is 198 Å². The van der Waals surface area contributed by atoms with Gasteiger partial charge in [0, 0.05) is 17.7 Å². The number of ether oxygens (including phenoxy) is 3. The van der Waals surface area contributed by atoms with Crippen molar-refractivity contribution >= 4 is 30.3 Å². The Hall–Kier alpha value is -4.13. The van der Waals surface area contributed by atoms with Gasteiger partial charge in [0.15, 0.2) is 0 Å². The smallest absolute Gasteiger partial charge is 0.345 e. The molecule has 0 aliphatic carbocycles. The monoisotopic (exact) mass is 460 g/mol. The molecule has 34 heavy (non-hydrogen) atoms. The third-order valence-corrected chi connectivity index (χ3v) is 5.09. The molecule has 0 aliphatic rings. The lowest BCUT2D eigenvalue weighted by Crippen LogP contribution is -2.17. The first-order chi connectivity index (χ1) is 16.5. The summed E-state index contributed by atoms with van der Waals surface area (Å²) in [6.45, 7) is 2.09. The topological polar surface area (TPSA) is 90.5 Å². The SMILES string of the molecule is CCOC(=O)CCc1c(/C=C/c2ccc(OC)cc2)nc(=O)[nH]c1/C=C/c1ccc(OC)cc1. The first-order valence-corrected chi connectivity index (χ1v) is 11.0. The molecule has 2 aromatic carbocycles. The first kappa shape index (κ1) is 24.5. The maximum atomic E-state index is 12.3. The van der Waals surface area contributed by atoms with Crippen LogP contribution in [0.3, 0.4) is 0 Å². The Bertz CT molecular complexity index is 1130. The summed E-state index contributed by atoms with van der Waals surface area (Å²) in [6.07, 6.45) is 7.89. The molecule has 0 atom stereocenters. The molecule has 7 heteroatoms. The van der Waals surface area contributed by atoms with Crippen LogP contribution in [0.25, 0.3) is 24.3 Å². The van der Waals surface area contributed by atoms with Gasteiger partial charge in [-0.3, -0.25) is 4.79 Å². The van der Waals surface area contributed by atoms with E-state index in [1.54, 1.807) is 27.2 Å². The van der Waals surface area contributed by atoms with Crippen molar-refractivity contribution in [3.63, 3.8) is 0 Å². The molecule has 1 N–H and O–H groups in total. The molecule has 1 aromatic heterocycles. The highest BCUT2D eigenvalue weighted by Crippen LogP contribution is 2.20. The van der Waals surface area contributed by atoms with Crippen molar-refractivity contribution in [2.24, 2.45) is 0 Å². The number of hydrogen-bond donors (Lipinski definition) is 1. The number of nitrogens with zero attached hydrogens (tertiary/aromatic N) is 1. The van der Waals surface area contributed by atoms with Crippen molar-refractivity contribution < 1.29 is 19.0 Å². The van der Waals surface area contributed by atoms with Gasteiger partial charge in [-0.25, -0.2) is 4.79 Å². The Kier molecular flexibility index (Phi) is 8.80. The van der Waals surface area contributed by atoms with Crippen LogP contribution in [-0.4, -0.2) is 36.8 Å². The predicted octanol–water partition coefficient (Wildman–Crippen LogP) is 4.62. The van der Waals surface area contributed by atoms with Gasteiger partial charge in [0.05, 0.1) is 26.5 Å². The summed E-state index contributed by atoms with van der Waals surface area (Å²) >= 11 is 0. The number of H-pyrrole nitrogens is 1. The van der Waals surface area contributed by atoms with E-state index >= 15 is 0 Å². The molecular weight excluding hydrogens is 432 g/mol. The normalized spacial score (nSPS) is 11.1. The molecule has 3 rings (SSSR count). The molecule has 0 saturated heterocycles. The van der Waals surface area contributed by atoms with Gasteiger partial charge in [0.2, 0.25) is 0 Å². The van der Waals surface area contributed by atoms with E-state index in [1.165, 1.54) is 0 Å². The number of esters is 1. The van der Waals surface area contributed by atoms with Gasteiger partial charge >= 0.3 is 11.7 Å². The summed E-state index contributed by atoms with van der Waals surface area (Å²) in [7, 11) is 3.23. The van der Waals surface area contributed by atoms with Crippen molar-refractivity contribution in [1.82, 2.24) is 9.97 Å². The van der Waals surface area contributed by atoms with Crippen molar-refractivity contribution in [2.75, 3.05) is 20.8 Å². The van der Waals surface area contributed by atoms with Gasteiger partial charge in [0.1, 0.15) is 11.5 Å². The molecule has 0 aliphatic heterocycles. The zero-order valence-corrected chi connectivity index (χ0v) is 19.5. The standard InChI is InChI=1S/C27H28N2O5/c1-4-34-26(30)18-15-23-24(16-9-19-5-11-21(32-2)12-6-19)28-27(31)29-25(23)17-10-20-7-13-22(33-3)14-8-20/h5-14,16-17H,4,15,18H2,1-3H3,(H,28,29,31)/b16-9+,17-10+. The highest BCUT2D eigenvalue weighted by molar-refractivity contribution is 5.76. The van der Waals surface area contributed by atoms with Crippen LogP contribution in [0.2, 0.25) is 0 Å². The first-order valence-electron chi connectivity index (χ1n) is 11.0. The Morgan fingerprint density at radius 2 is 1.44 bits per heavy atom. The molecule has 0 amide bonds. The molecule has 0 radical (unpaired) electrons. The lowest BCUT2D eigenvalue weighted by molar-refractivity contribution is -0.143. The molecule has 1 heterocycles. The van der Waals surface area contributed by atoms with E-state index in [0.29, 0.717) is 24.4 Å². The van der Waals surface area contributed by atoms with Crippen LogP contribution >= 0.6 is 0 Å². The molecule has 3 aromatic rings. The molecule has 0 saturated carbocycles. The summed E-state index contributed by atoms with van der Waals surface area (Å²) in [5, 5.41) is 0. The molecule has 0 bridgehead atoms. The molecular formula is C27H28N2O5. The number of rotatable bonds is 10. The van der Waals surface area contributed by atoms with Gasteiger partial charge in [-0.15, -0.1) is 0 Å². The van der Waals surface area contributed by atoms with Crippen molar-refractivity contribution in [1.29, 1.82) is 0 Å². The van der Waals surface area contributed by atoms with E-state index in [1.807, 2.05) is 66.8 Å². The van der Waals surface area contributed by atoms with Crippen molar-refractivity contribution in [2.45, 2.75) is 19.8 Å². The van der Waals surface area contributed by atoms with Crippen LogP contribution in [0.5, 0.6) is 11.5 Å². The third kappa shape index (κ3) is 6.93. The van der Waals surface area contributed by atoms with Crippen LogP contribution in [0, 0.1) is 0 Å². The minimum absolute atomic E-state index is 0.175. The fourth-order valence-corrected chi connectivity index (χ4v) is 3.32. The summed E-state index contributed by atoms with van der Waals surface area (Å²) in [5.74, 6) is 1.21. The second kappa shape index (κ2) is 12.2. The second-order valence-corrected chi connectivity index (χ2v) is 7.34. The van der Waals surface area contributed by atoms with Gasteiger partial charge < -0.3 is 19.2 Å². The number of aromatic amines is 1. The van der Waals surface area contributed by atoms with E-state index in [0.717, 1.165) is 28.2 Å². The minimum atomic E-state index is -0.469. The van der Waals surface area contributed by atoms with E-state index in [2.05, 4.69) is 9.97 Å². The number of aromatic nitrogens is 2. The van der Waals surface area contributed by atoms with Gasteiger partial charge in [0.25, 0.3) is 0 Å². The van der Waals surface area contributed by atoms with E-state index in [9.17, 15) is 9.59 Å². The highest BCUT2D eigenvalue weighted by Gasteiger charge is 2.12. The number of nitrogens with one attached hydrogen (secondary N) is 1. The van der Waals surface area contributed by atoms with Crippen LogP contribution < -0.4 is 15.2 Å². The number of carbonyl (C=O) groups is 1. The number of carbonyl (C=O) groups excluding carboxylic acids is 1. The third-order valence-electron chi connectivity index (χ3n) is 5.09. The summed E-state index contributed by atoms with van der Waals surface area (Å²) in [4.78, 5) is 31.3. The van der Waals surface area contributed by atoms with Crippen LogP contribution in [0.1, 0.15) is 41.4 Å². The zero-order valence-electron chi connectivity index (χ0n) is 19.5. The zero-order chi connectivity index (χ0) is 24.3. The molecule has 0 fully saturated rings. The molecule has 0 unspecified atom stereocenters. The average molecular weight is 461 g/mol. The summed E-state index contributed by atoms with van der Waals surface area (Å²) in [6, 6.07) is 15.1. The maximum Gasteiger partial charge on any atom is 0.345 e. The number of hydrogen-bond acceptors (Lipinski definition) is 6. The molecule has 7 nitrogen and oxygen atoms in total. The minimum Gasteiger partial charge on any atom is -0.497 e. The van der Waals surface area contributed by atoms with Gasteiger partial charge in [-0.1, -0.05) is 36.4 Å². The molecule has 0 spiro atoms. The van der Waals surface area contributed by atoms with Gasteiger partial charge in [-0.2, -0.15) is 4.98 Å². The Balaban J connectivity index is 1.95.